The highest BCUT2D eigenvalue weighted by Gasteiger charge is 2.13. The smallest absolute Gasteiger partial charge is 0.325 e. The van der Waals surface area contributed by atoms with Crippen LogP contribution < -0.4 is 5.32 Å². The molecule has 17 heavy (non-hydrogen) atoms. The molecule has 0 aliphatic heterocycles. The van der Waals surface area contributed by atoms with Crippen molar-refractivity contribution in [3.63, 3.8) is 0 Å². The Morgan fingerprint density at radius 2 is 2.24 bits per heavy atom. The molecule has 1 aromatic heterocycles. The zero-order chi connectivity index (χ0) is 12.8. The average Bonchev–Trinajstić information content (AvgIpc) is 2.64. The minimum atomic E-state index is -1.03. The van der Waals surface area contributed by atoms with Crippen LogP contribution in [0.2, 0.25) is 0 Å². The molecule has 0 bridgehead atoms. The Labute approximate surface area is 99.0 Å². The van der Waals surface area contributed by atoms with E-state index in [4.69, 9.17) is 5.11 Å². The predicted molar refractivity (Wildman–Crippen MR) is 60.8 cm³/mol. The van der Waals surface area contributed by atoms with Crippen LogP contribution in [0.15, 0.2) is 12.3 Å². The van der Waals surface area contributed by atoms with Crippen molar-refractivity contribution < 1.29 is 14.7 Å². The fourth-order valence-electron chi connectivity index (χ4n) is 1.26. The number of nitrogens with zero attached hydrogens (tertiary/aromatic N) is 3. The van der Waals surface area contributed by atoms with E-state index in [1.807, 2.05) is 19.0 Å². The van der Waals surface area contributed by atoms with E-state index in [1.165, 1.54) is 12.3 Å². The van der Waals surface area contributed by atoms with E-state index in [9.17, 15) is 9.59 Å². The van der Waals surface area contributed by atoms with Gasteiger partial charge in [-0.3, -0.25) is 9.59 Å². The van der Waals surface area contributed by atoms with Crippen molar-refractivity contribution in [2.75, 3.05) is 27.2 Å². The van der Waals surface area contributed by atoms with Gasteiger partial charge in [0.15, 0.2) is 0 Å². The van der Waals surface area contributed by atoms with Crippen molar-refractivity contribution >= 4 is 11.9 Å². The van der Waals surface area contributed by atoms with E-state index in [0.717, 1.165) is 11.2 Å². The van der Waals surface area contributed by atoms with Crippen molar-refractivity contribution in [1.82, 2.24) is 20.0 Å². The zero-order valence-electron chi connectivity index (χ0n) is 9.88. The molecular formula is C10H16N4O3. The molecule has 7 nitrogen and oxygen atoms in total. The number of carboxylic acid groups (broad SMARTS) is 1. The Balaban J connectivity index is 2.56. The molecular weight excluding hydrogens is 224 g/mol. The number of rotatable bonds is 6. The number of amides is 1. The van der Waals surface area contributed by atoms with Gasteiger partial charge in [-0.05, 0) is 20.2 Å². The van der Waals surface area contributed by atoms with Gasteiger partial charge < -0.3 is 15.3 Å². The van der Waals surface area contributed by atoms with Gasteiger partial charge in [0.1, 0.15) is 12.2 Å². The molecule has 0 aliphatic rings. The summed E-state index contributed by atoms with van der Waals surface area (Å²) in [6.45, 7) is 0.909. The quantitative estimate of drug-likeness (QED) is 0.683. The van der Waals surface area contributed by atoms with Crippen LogP contribution in [0.4, 0.5) is 0 Å². The lowest BCUT2D eigenvalue weighted by atomic mass is 10.4. The van der Waals surface area contributed by atoms with Crippen LogP contribution in [-0.4, -0.2) is 58.8 Å². The summed E-state index contributed by atoms with van der Waals surface area (Å²) < 4.78 is 1.16. The summed E-state index contributed by atoms with van der Waals surface area (Å²) in [6.07, 6.45) is 1.41. The molecule has 0 spiro atoms. The highest BCUT2D eigenvalue weighted by Crippen LogP contribution is 1.98. The van der Waals surface area contributed by atoms with Crippen LogP contribution in [0, 0.1) is 0 Å². The maximum absolute atomic E-state index is 11.7. The summed E-state index contributed by atoms with van der Waals surface area (Å²) in [6, 6.07) is 1.49. The second kappa shape index (κ2) is 6.00. The summed E-state index contributed by atoms with van der Waals surface area (Å²) in [5, 5.41) is 15.1. The first-order chi connectivity index (χ1) is 8.00. The molecule has 1 aromatic rings. The molecule has 1 rings (SSSR count). The second-order valence-electron chi connectivity index (χ2n) is 3.83. The number of carbonyl (C=O) groups excluding carboxylic acids is 1. The minimum absolute atomic E-state index is 0.256. The standard InChI is InChI=1S/C10H16N4O3/c1-13(2)6-5-11-10(17)8-3-4-12-14(8)7-9(15)16/h3-4H,5-7H2,1-2H3,(H,11,17)(H,15,16). The third kappa shape index (κ3) is 4.23. The van der Waals surface area contributed by atoms with Gasteiger partial charge in [0.25, 0.3) is 5.91 Å². The highest BCUT2D eigenvalue weighted by molar-refractivity contribution is 5.92. The molecule has 7 heteroatoms. The Morgan fingerprint density at radius 3 is 2.82 bits per heavy atom. The number of aromatic nitrogens is 2. The molecule has 2 N–H and O–H groups in total. The number of hydrogen-bond donors (Lipinski definition) is 2. The summed E-state index contributed by atoms with van der Waals surface area (Å²) in [5.74, 6) is -1.35. The SMILES string of the molecule is CN(C)CCNC(=O)c1ccnn1CC(=O)O. The number of carbonyl (C=O) groups is 2. The Kier molecular flexibility index (Phi) is 4.65. The summed E-state index contributed by atoms with van der Waals surface area (Å²) in [5.41, 5.74) is 0.256. The molecule has 0 saturated heterocycles. The van der Waals surface area contributed by atoms with E-state index in [-0.39, 0.29) is 18.1 Å². The van der Waals surface area contributed by atoms with Crippen molar-refractivity contribution in [3.8, 4) is 0 Å². The molecule has 1 heterocycles. The Bertz CT molecular complexity index is 400. The van der Waals surface area contributed by atoms with E-state index in [0.29, 0.717) is 6.54 Å². The maximum atomic E-state index is 11.7. The lowest BCUT2D eigenvalue weighted by Crippen LogP contribution is -2.33. The zero-order valence-corrected chi connectivity index (χ0v) is 9.88. The van der Waals surface area contributed by atoms with Crippen LogP contribution in [0.1, 0.15) is 10.5 Å². The fourth-order valence-corrected chi connectivity index (χ4v) is 1.26. The van der Waals surface area contributed by atoms with Gasteiger partial charge in [-0.15, -0.1) is 0 Å². The van der Waals surface area contributed by atoms with Gasteiger partial charge in [0.05, 0.1) is 0 Å². The van der Waals surface area contributed by atoms with Crippen LogP contribution in [-0.2, 0) is 11.3 Å². The Morgan fingerprint density at radius 1 is 1.53 bits per heavy atom. The first-order valence-corrected chi connectivity index (χ1v) is 5.17. The number of nitrogens with one attached hydrogen (secondary N) is 1. The van der Waals surface area contributed by atoms with Crippen molar-refractivity contribution in [1.29, 1.82) is 0 Å². The average molecular weight is 240 g/mol. The number of hydrogen-bond acceptors (Lipinski definition) is 4. The summed E-state index contributed by atoms with van der Waals surface area (Å²) >= 11 is 0. The molecule has 94 valence electrons. The third-order valence-corrected chi connectivity index (χ3v) is 2.08. The molecule has 0 aliphatic carbocycles. The molecule has 1 amide bonds. The second-order valence-corrected chi connectivity index (χ2v) is 3.83. The van der Waals surface area contributed by atoms with Crippen molar-refractivity contribution in [2.24, 2.45) is 0 Å². The maximum Gasteiger partial charge on any atom is 0.325 e. The first-order valence-electron chi connectivity index (χ1n) is 5.17. The molecule has 0 saturated carbocycles. The molecule has 0 atom stereocenters. The number of carboxylic acids is 1. The topological polar surface area (TPSA) is 87.5 Å². The minimum Gasteiger partial charge on any atom is -0.480 e. The van der Waals surface area contributed by atoms with Gasteiger partial charge in [0, 0.05) is 19.3 Å². The highest BCUT2D eigenvalue weighted by atomic mass is 16.4. The van der Waals surface area contributed by atoms with Gasteiger partial charge in [-0.25, -0.2) is 4.68 Å². The summed E-state index contributed by atoms with van der Waals surface area (Å²) in [4.78, 5) is 24.2. The normalized spacial score (nSPS) is 10.5. The number of aliphatic carboxylic acids is 1. The van der Waals surface area contributed by atoms with Crippen LogP contribution >= 0.6 is 0 Å². The van der Waals surface area contributed by atoms with Crippen molar-refractivity contribution in [3.05, 3.63) is 18.0 Å². The molecule has 0 aromatic carbocycles. The first kappa shape index (κ1) is 13.2. The van der Waals surface area contributed by atoms with Gasteiger partial charge in [0.2, 0.25) is 0 Å². The van der Waals surface area contributed by atoms with Crippen LogP contribution in [0.5, 0.6) is 0 Å². The van der Waals surface area contributed by atoms with Gasteiger partial charge in [-0.1, -0.05) is 0 Å². The lowest BCUT2D eigenvalue weighted by Gasteiger charge is -2.10. The monoisotopic (exact) mass is 240 g/mol. The predicted octanol–water partition coefficient (Wildman–Crippen LogP) is -0.741. The fraction of sp³-hybridized carbons (Fsp3) is 0.500. The van der Waals surface area contributed by atoms with E-state index in [2.05, 4.69) is 10.4 Å². The van der Waals surface area contributed by atoms with E-state index >= 15 is 0 Å². The third-order valence-electron chi connectivity index (χ3n) is 2.08. The van der Waals surface area contributed by atoms with Crippen molar-refractivity contribution in [2.45, 2.75) is 6.54 Å². The van der Waals surface area contributed by atoms with Gasteiger partial charge >= 0.3 is 5.97 Å². The number of likely N-dealkylation sites (N-methyl/N-ethyl adjacent to an activating group) is 1. The Hall–Kier alpha value is -1.89. The molecule has 0 unspecified atom stereocenters. The lowest BCUT2D eigenvalue weighted by molar-refractivity contribution is -0.137. The summed E-state index contributed by atoms with van der Waals surface area (Å²) in [7, 11) is 3.81. The van der Waals surface area contributed by atoms with Crippen LogP contribution in [0.25, 0.3) is 0 Å². The molecule has 0 radical (unpaired) electrons. The molecule has 0 fully saturated rings. The van der Waals surface area contributed by atoms with E-state index in [1.54, 1.807) is 0 Å². The largest absolute Gasteiger partial charge is 0.480 e. The van der Waals surface area contributed by atoms with Crippen LogP contribution in [0.3, 0.4) is 0 Å². The van der Waals surface area contributed by atoms with Gasteiger partial charge in [-0.2, -0.15) is 5.10 Å². The van der Waals surface area contributed by atoms with E-state index < -0.39 is 5.97 Å².